The Balaban J connectivity index is 1.65. The summed E-state index contributed by atoms with van der Waals surface area (Å²) >= 11 is 0. The highest BCUT2D eigenvalue weighted by atomic mass is 16.6. The van der Waals surface area contributed by atoms with Gasteiger partial charge in [-0.25, -0.2) is 14.4 Å². The van der Waals surface area contributed by atoms with Crippen molar-refractivity contribution in [2.75, 3.05) is 20.3 Å². The Morgan fingerprint density at radius 1 is 1.00 bits per heavy atom. The van der Waals surface area contributed by atoms with Gasteiger partial charge in [0.1, 0.15) is 42.2 Å². The molecule has 0 amide bonds. The Hall–Kier alpha value is -2.60. The molecule has 4 rings (SSSR count). The molecule has 0 saturated heterocycles. The molecule has 0 aromatic heterocycles. The first-order valence-electron chi connectivity index (χ1n) is 15.5. The van der Waals surface area contributed by atoms with E-state index in [9.17, 15) is 34.5 Å². The van der Waals surface area contributed by atoms with Crippen molar-refractivity contribution in [3.8, 4) is 0 Å². The largest absolute Gasteiger partial charge is 0.467 e. The van der Waals surface area contributed by atoms with E-state index in [1.54, 1.807) is 6.92 Å². The number of hydrogen-bond donors (Lipinski definition) is 3. The number of aliphatic hydroxyl groups is 3. The predicted octanol–water partition coefficient (Wildman–Crippen LogP) is 2.72. The molecular formula is C33H48O11. The van der Waals surface area contributed by atoms with Crippen LogP contribution >= 0.6 is 0 Å². The summed E-state index contributed by atoms with van der Waals surface area (Å²) in [5.41, 5.74) is -6.26. The van der Waals surface area contributed by atoms with Crippen molar-refractivity contribution in [2.24, 2.45) is 22.7 Å². The first-order valence-corrected chi connectivity index (χ1v) is 15.5. The molecule has 0 heterocycles. The predicted molar refractivity (Wildman–Crippen MR) is 157 cm³/mol. The summed E-state index contributed by atoms with van der Waals surface area (Å²) in [6.07, 6.45) is 3.18. The highest BCUT2D eigenvalue weighted by Gasteiger charge is 2.81. The van der Waals surface area contributed by atoms with E-state index in [1.807, 2.05) is 33.8 Å². The van der Waals surface area contributed by atoms with E-state index in [4.69, 9.17) is 14.2 Å². The van der Waals surface area contributed by atoms with E-state index in [0.717, 1.165) is 11.1 Å². The highest BCUT2D eigenvalue weighted by Crippen LogP contribution is 2.71. The Bertz CT molecular complexity index is 1250. The summed E-state index contributed by atoms with van der Waals surface area (Å²) in [5.74, 6) is -2.88. The van der Waals surface area contributed by atoms with Crippen molar-refractivity contribution in [3.63, 3.8) is 0 Å². The summed E-state index contributed by atoms with van der Waals surface area (Å²) < 4.78 is 21.3. The SMILES string of the molecule is COC(=O)COCC(=O)O[C@H]1CC[C@@]2(C)C(=CC[C@]3(O)C2C[C@@H](OC(=O)/C=C(\C)C(C)C)[C@@]2(C)[C@]3(O)CC[C@@]2(O)C(C)=O)C1. The van der Waals surface area contributed by atoms with Gasteiger partial charge in [0.15, 0.2) is 5.78 Å². The van der Waals surface area contributed by atoms with Crippen LogP contribution in [0.5, 0.6) is 0 Å². The quantitative estimate of drug-likeness (QED) is 0.150. The van der Waals surface area contributed by atoms with Crippen molar-refractivity contribution in [1.29, 1.82) is 0 Å². The molecule has 246 valence electrons. The van der Waals surface area contributed by atoms with Crippen LogP contribution in [-0.2, 0) is 38.1 Å². The smallest absolute Gasteiger partial charge is 0.332 e. The van der Waals surface area contributed by atoms with Crippen molar-refractivity contribution in [3.05, 3.63) is 23.3 Å². The minimum Gasteiger partial charge on any atom is -0.467 e. The van der Waals surface area contributed by atoms with Gasteiger partial charge in [0, 0.05) is 18.4 Å². The van der Waals surface area contributed by atoms with Crippen LogP contribution in [0, 0.1) is 22.7 Å². The number of Topliss-reactive ketones (excluding diaryl/α,β-unsaturated/α-hetero) is 1. The number of methoxy groups -OCH3 is 1. The molecule has 0 aliphatic heterocycles. The summed E-state index contributed by atoms with van der Waals surface area (Å²) in [5, 5.41) is 36.9. The van der Waals surface area contributed by atoms with Crippen molar-refractivity contribution >= 4 is 23.7 Å². The molecule has 3 N–H and O–H groups in total. The number of hydrogen-bond acceptors (Lipinski definition) is 11. The summed E-state index contributed by atoms with van der Waals surface area (Å²) in [4.78, 5) is 49.8. The third-order valence-corrected chi connectivity index (χ3v) is 11.6. The number of ether oxygens (including phenoxy) is 4. The normalized spacial score (nSPS) is 39.8. The first-order chi connectivity index (χ1) is 20.4. The molecule has 8 atom stereocenters. The van der Waals surface area contributed by atoms with E-state index in [2.05, 4.69) is 4.74 Å². The van der Waals surface area contributed by atoms with Crippen molar-refractivity contribution < 1.29 is 53.4 Å². The zero-order valence-corrected chi connectivity index (χ0v) is 26.9. The van der Waals surface area contributed by atoms with Gasteiger partial charge < -0.3 is 34.3 Å². The highest BCUT2D eigenvalue weighted by molar-refractivity contribution is 5.87. The number of allylic oxidation sites excluding steroid dienone is 1. The maximum Gasteiger partial charge on any atom is 0.332 e. The van der Waals surface area contributed by atoms with Crippen molar-refractivity contribution in [1.82, 2.24) is 0 Å². The third kappa shape index (κ3) is 5.23. The van der Waals surface area contributed by atoms with Gasteiger partial charge in [-0.15, -0.1) is 0 Å². The molecule has 44 heavy (non-hydrogen) atoms. The number of rotatable bonds is 9. The van der Waals surface area contributed by atoms with Crippen LogP contribution < -0.4 is 0 Å². The second-order valence-electron chi connectivity index (χ2n) is 13.9. The number of ketones is 1. The van der Waals surface area contributed by atoms with Crippen molar-refractivity contribution in [2.45, 2.75) is 115 Å². The Labute approximate surface area is 258 Å². The van der Waals surface area contributed by atoms with Crippen LogP contribution in [0.25, 0.3) is 0 Å². The molecule has 3 saturated carbocycles. The summed E-state index contributed by atoms with van der Waals surface area (Å²) in [7, 11) is 1.22. The van der Waals surface area contributed by atoms with E-state index in [0.29, 0.717) is 19.3 Å². The standard InChI is InChI=1S/C33H48O11/c1-19(2)20(3)14-26(35)44-25-16-24-29(5)10-9-23(43-28(37)18-42-17-27(36)41-7)15-22(29)8-11-32(24,39)33(40)13-12-31(38,21(4)34)30(25,33)6/h8,14,19,23-25,38-40H,9-13,15-18H2,1-7H3/b20-14+/t23-,24?,25+,29-,30+,31+,32-,33+/m0/s1. The first kappa shape index (κ1) is 34.3. The van der Waals surface area contributed by atoms with Gasteiger partial charge in [-0.3, -0.25) is 4.79 Å². The van der Waals surface area contributed by atoms with Crippen LogP contribution in [-0.4, -0.2) is 88.3 Å². The maximum absolute atomic E-state index is 13.2. The number of fused-ring (bicyclic) bond motifs is 5. The molecule has 4 aliphatic carbocycles. The molecule has 0 bridgehead atoms. The van der Waals surface area contributed by atoms with Crippen LogP contribution in [0.15, 0.2) is 23.3 Å². The molecular weight excluding hydrogens is 572 g/mol. The molecule has 0 aromatic carbocycles. The van der Waals surface area contributed by atoms with Gasteiger partial charge in [0.05, 0.1) is 12.5 Å². The van der Waals surface area contributed by atoms with Crippen LogP contribution in [0.1, 0.15) is 86.5 Å². The second kappa shape index (κ2) is 12.0. The fourth-order valence-electron chi connectivity index (χ4n) is 8.48. The Morgan fingerprint density at radius 3 is 2.27 bits per heavy atom. The fraction of sp³-hybridized carbons (Fsp3) is 0.758. The molecule has 0 spiro atoms. The zero-order chi connectivity index (χ0) is 32.9. The molecule has 0 aromatic rings. The second-order valence-corrected chi connectivity index (χ2v) is 13.9. The monoisotopic (exact) mass is 620 g/mol. The Kier molecular flexibility index (Phi) is 9.32. The minimum atomic E-state index is -2.02. The average molecular weight is 621 g/mol. The molecule has 4 aliphatic rings. The van der Waals surface area contributed by atoms with Gasteiger partial charge in [-0.2, -0.15) is 0 Å². The average Bonchev–Trinajstić information content (AvgIpc) is 3.18. The van der Waals surface area contributed by atoms with E-state index < -0.39 is 76.1 Å². The van der Waals surface area contributed by atoms with Gasteiger partial charge in [-0.1, -0.05) is 38.0 Å². The van der Waals surface area contributed by atoms with Gasteiger partial charge >= 0.3 is 17.9 Å². The fourth-order valence-corrected chi connectivity index (χ4v) is 8.48. The third-order valence-electron chi connectivity index (χ3n) is 11.6. The molecule has 0 radical (unpaired) electrons. The van der Waals surface area contributed by atoms with Crippen LogP contribution in [0.4, 0.5) is 0 Å². The topological polar surface area (TPSA) is 166 Å². The number of carbonyl (C=O) groups is 4. The van der Waals surface area contributed by atoms with Crippen LogP contribution in [0.2, 0.25) is 0 Å². The maximum atomic E-state index is 13.2. The molecule has 1 unspecified atom stereocenters. The van der Waals surface area contributed by atoms with E-state index in [-0.39, 0.29) is 38.2 Å². The minimum absolute atomic E-state index is 0.0491. The summed E-state index contributed by atoms with van der Waals surface area (Å²) in [6.45, 7) is 9.79. The lowest BCUT2D eigenvalue weighted by atomic mass is 9.42. The molecule has 11 nitrogen and oxygen atoms in total. The van der Waals surface area contributed by atoms with Gasteiger partial charge in [0.2, 0.25) is 0 Å². The number of carbonyl (C=O) groups excluding carboxylic acids is 4. The Morgan fingerprint density at radius 2 is 1.66 bits per heavy atom. The lowest BCUT2D eigenvalue weighted by Crippen LogP contribution is -2.78. The molecule has 11 heteroatoms. The van der Waals surface area contributed by atoms with Gasteiger partial charge in [0.25, 0.3) is 0 Å². The van der Waals surface area contributed by atoms with Gasteiger partial charge in [-0.05, 0) is 70.6 Å². The number of esters is 3. The lowest BCUT2D eigenvalue weighted by Gasteiger charge is -2.67. The van der Waals surface area contributed by atoms with Crippen LogP contribution in [0.3, 0.4) is 0 Å². The summed E-state index contributed by atoms with van der Waals surface area (Å²) in [6, 6.07) is 0. The molecule has 3 fully saturated rings. The lowest BCUT2D eigenvalue weighted by molar-refractivity contribution is -0.314. The zero-order valence-electron chi connectivity index (χ0n) is 26.9. The van der Waals surface area contributed by atoms with E-state index >= 15 is 0 Å². The van der Waals surface area contributed by atoms with E-state index in [1.165, 1.54) is 20.1 Å².